The van der Waals surface area contributed by atoms with Crippen LogP contribution in [0.1, 0.15) is 16.1 Å². The van der Waals surface area contributed by atoms with E-state index in [0.29, 0.717) is 0 Å². The summed E-state index contributed by atoms with van der Waals surface area (Å²) >= 11 is 0. The summed E-state index contributed by atoms with van der Waals surface area (Å²) in [5.74, 6) is -1.62. The summed E-state index contributed by atoms with van der Waals surface area (Å²) in [6.45, 7) is 0. The van der Waals surface area contributed by atoms with Gasteiger partial charge < -0.3 is 9.15 Å². The molecule has 0 atom stereocenters. The zero-order valence-electron chi connectivity index (χ0n) is 11.6. The van der Waals surface area contributed by atoms with Gasteiger partial charge in [-0.1, -0.05) is 0 Å². The predicted octanol–water partition coefficient (Wildman–Crippen LogP) is 2.85. The van der Waals surface area contributed by atoms with Gasteiger partial charge in [0.15, 0.2) is 5.76 Å². The fourth-order valence-electron chi connectivity index (χ4n) is 1.54. The maximum absolute atomic E-state index is 12.0. The Morgan fingerprint density at radius 1 is 1.25 bits per heavy atom. The molecule has 0 unspecified atom stereocenters. The number of halogens is 3. The predicted molar refractivity (Wildman–Crippen MR) is 73.5 cm³/mol. The van der Waals surface area contributed by atoms with E-state index in [9.17, 15) is 28.1 Å². The molecule has 24 heavy (non-hydrogen) atoms. The molecule has 8 nitrogen and oxygen atoms in total. The van der Waals surface area contributed by atoms with Crippen molar-refractivity contribution in [1.82, 2.24) is 5.43 Å². The van der Waals surface area contributed by atoms with Crippen molar-refractivity contribution in [3.8, 4) is 5.75 Å². The second kappa shape index (κ2) is 6.81. The first-order valence-electron chi connectivity index (χ1n) is 6.18. The first-order chi connectivity index (χ1) is 11.2. The van der Waals surface area contributed by atoms with Crippen LogP contribution in [0.15, 0.2) is 45.9 Å². The average molecular weight is 343 g/mol. The number of nitro groups is 1. The molecule has 126 valence electrons. The number of nitrogens with one attached hydrogen (secondary N) is 1. The summed E-state index contributed by atoms with van der Waals surface area (Å²) in [4.78, 5) is 21.4. The third-order valence-corrected chi connectivity index (χ3v) is 2.50. The Morgan fingerprint density at radius 2 is 1.92 bits per heavy atom. The van der Waals surface area contributed by atoms with Gasteiger partial charge in [-0.3, -0.25) is 14.9 Å². The molecule has 1 amide bonds. The molecule has 1 aromatic carbocycles. The second-order valence-corrected chi connectivity index (χ2v) is 4.20. The van der Waals surface area contributed by atoms with Gasteiger partial charge >= 0.3 is 12.2 Å². The Kier molecular flexibility index (Phi) is 4.82. The van der Waals surface area contributed by atoms with E-state index >= 15 is 0 Å². The summed E-state index contributed by atoms with van der Waals surface area (Å²) in [6.07, 6.45) is -3.79. The minimum absolute atomic E-state index is 0.0344. The van der Waals surface area contributed by atoms with E-state index in [0.717, 1.165) is 36.5 Å². The molecule has 0 aliphatic heterocycles. The normalized spacial score (nSPS) is 11.5. The smallest absolute Gasteiger partial charge is 0.406 e. The quantitative estimate of drug-likeness (QED) is 0.510. The van der Waals surface area contributed by atoms with E-state index in [-0.39, 0.29) is 11.3 Å². The number of furan rings is 1. The molecular weight excluding hydrogens is 335 g/mol. The molecule has 0 bridgehead atoms. The highest BCUT2D eigenvalue weighted by Gasteiger charge is 2.31. The molecule has 2 aromatic rings. The number of carbonyl (C=O) groups excluding carboxylic acids is 1. The molecule has 0 spiro atoms. The number of hydrogen-bond acceptors (Lipinski definition) is 6. The summed E-state index contributed by atoms with van der Waals surface area (Å²) in [6, 6.07) is 6.57. The van der Waals surface area contributed by atoms with Gasteiger partial charge in [0.25, 0.3) is 5.91 Å². The van der Waals surface area contributed by atoms with Crippen LogP contribution in [0, 0.1) is 10.1 Å². The maximum atomic E-state index is 12.0. The lowest BCUT2D eigenvalue weighted by atomic mass is 10.2. The highest BCUT2D eigenvalue weighted by atomic mass is 19.4. The van der Waals surface area contributed by atoms with Crippen LogP contribution in [-0.2, 0) is 0 Å². The lowest BCUT2D eigenvalue weighted by molar-refractivity contribution is -0.402. The van der Waals surface area contributed by atoms with Crippen molar-refractivity contribution in [3.63, 3.8) is 0 Å². The fraction of sp³-hybridized carbons (Fsp3) is 0.0769. The summed E-state index contributed by atoms with van der Waals surface area (Å²) in [7, 11) is 0. The third kappa shape index (κ3) is 4.83. The molecule has 0 aliphatic rings. The highest BCUT2D eigenvalue weighted by Crippen LogP contribution is 2.22. The Balaban J connectivity index is 1.94. The van der Waals surface area contributed by atoms with E-state index in [1.165, 1.54) is 6.07 Å². The lowest BCUT2D eigenvalue weighted by Gasteiger charge is -2.08. The van der Waals surface area contributed by atoms with Crippen LogP contribution in [0.5, 0.6) is 5.75 Å². The number of hydrogen-bond donors (Lipinski definition) is 1. The SMILES string of the molecule is O=C(N/N=C/c1ccc([N+](=O)[O-])o1)c1ccc(OC(F)(F)F)cc1. The molecule has 1 aromatic heterocycles. The van der Waals surface area contributed by atoms with E-state index in [1.807, 2.05) is 0 Å². The molecule has 1 heterocycles. The molecular formula is C13H8F3N3O5. The molecule has 0 fully saturated rings. The van der Waals surface area contributed by atoms with E-state index < -0.39 is 28.8 Å². The number of alkyl halides is 3. The first kappa shape index (κ1) is 17.0. The van der Waals surface area contributed by atoms with Gasteiger partial charge in [0.1, 0.15) is 10.7 Å². The van der Waals surface area contributed by atoms with Crippen molar-refractivity contribution < 1.29 is 32.0 Å². The number of nitrogens with zero attached hydrogens (tertiary/aromatic N) is 2. The minimum atomic E-state index is -4.82. The zero-order valence-corrected chi connectivity index (χ0v) is 11.6. The van der Waals surface area contributed by atoms with Crippen LogP contribution in [-0.4, -0.2) is 23.4 Å². The van der Waals surface area contributed by atoms with Gasteiger partial charge in [-0.15, -0.1) is 13.2 Å². The molecule has 2 rings (SSSR count). The topological polar surface area (TPSA) is 107 Å². The largest absolute Gasteiger partial charge is 0.573 e. The number of carbonyl (C=O) groups is 1. The van der Waals surface area contributed by atoms with Gasteiger partial charge in [0.05, 0.1) is 12.3 Å². The minimum Gasteiger partial charge on any atom is -0.406 e. The highest BCUT2D eigenvalue weighted by molar-refractivity contribution is 5.94. The Hall–Kier alpha value is -3.37. The van der Waals surface area contributed by atoms with Gasteiger partial charge in [-0.2, -0.15) is 5.10 Å². The van der Waals surface area contributed by atoms with E-state index in [1.54, 1.807) is 0 Å². The number of benzene rings is 1. The van der Waals surface area contributed by atoms with Crippen LogP contribution >= 0.6 is 0 Å². The number of amides is 1. The molecule has 0 aliphatic carbocycles. The van der Waals surface area contributed by atoms with Crippen molar-refractivity contribution in [2.45, 2.75) is 6.36 Å². The Morgan fingerprint density at radius 3 is 2.46 bits per heavy atom. The molecule has 0 radical (unpaired) electrons. The van der Waals surface area contributed by atoms with E-state index in [2.05, 4.69) is 15.3 Å². The average Bonchev–Trinajstić information content (AvgIpc) is 2.95. The van der Waals surface area contributed by atoms with Crippen molar-refractivity contribution in [2.24, 2.45) is 5.10 Å². The van der Waals surface area contributed by atoms with Crippen molar-refractivity contribution in [3.05, 3.63) is 57.8 Å². The van der Waals surface area contributed by atoms with Gasteiger partial charge in [-0.25, -0.2) is 5.43 Å². The first-order valence-corrected chi connectivity index (χ1v) is 6.18. The van der Waals surface area contributed by atoms with Crippen LogP contribution in [0.3, 0.4) is 0 Å². The Labute approximate surface area is 131 Å². The van der Waals surface area contributed by atoms with Crippen LogP contribution < -0.4 is 10.2 Å². The molecule has 11 heteroatoms. The van der Waals surface area contributed by atoms with Crippen LogP contribution in [0.2, 0.25) is 0 Å². The van der Waals surface area contributed by atoms with Gasteiger partial charge in [0.2, 0.25) is 0 Å². The molecule has 0 saturated heterocycles. The Bertz CT molecular complexity index is 768. The van der Waals surface area contributed by atoms with Crippen LogP contribution in [0.25, 0.3) is 0 Å². The fourth-order valence-corrected chi connectivity index (χ4v) is 1.54. The van der Waals surface area contributed by atoms with Crippen molar-refractivity contribution in [1.29, 1.82) is 0 Å². The van der Waals surface area contributed by atoms with Gasteiger partial charge in [0, 0.05) is 5.56 Å². The van der Waals surface area contributed by atoms with E-state index in [4.69, 9.17) is 4.42 Å². The number of rotatable bonds is 5. The summed E-state index contributed by atoms with van der Waals surface area (Å²) in [5, 5.41) is 13.9. The zero-order chi connectivity index (χ0) is 17.7. The number of hydrazone groups is 1. The number of ether oxygens (including phenoxy) is 1. The van der Waals surface area contributed by atoms with Crippen molar-refractivity contribution >= 4 is 18.0 Å². The summed E-state index contributed by atoms with van der Waals surface area (Å²) in [5.41, 5.74) is 2.13. The monoisotopic (exact) mass is 343 g/mol. The second-order valence-electron chi connectivity index (χ2n) is 4.20. The lowest BCUT2D eigenvalue weighted by Crippen LogP contribution is -2.18. The molecule has 1 N–H and O–H groups in total. The van der Waals surface area contributed by atoms with Crippen molar-refractivity contribution in [2.75, 3.05) is 0 Å². The summed E-state index contributed by atoms with van der Waals surface area (Å²) < 4.78 is 44.5. The van der Waals surface area contributed by atoms with Crippen LogP contribution in [0.4, 0.5) is 19.1 Å². The maximum Gasteiger partial charge on any atom is 0.573 e. The molecule has 0 saturated carbocycles. The van der Waals surface area contributed by atoms with Gasteiger partial charge in [-0.05, 0) is 30.3 Å². The standard InChI is InChI=1S/C13H8F3N3O5/c14-13(15,16)24-9-3-1-8(2-4-9)12(20)18-17-7-10-5-6-11(23-10)19(21)22/h1-7H,(H,18,20)/b17-7+. The third-order valence-electron chi connectivity index (χ3n) is 2.50.